The maximum atomic E-state index is 5.84. The highest BCUT2D eigenvalue weighted by atomic mass is 32.2. The number of aromatic nitrogens is 5. The van der Waals surface area contributed by atoms with Crippen LogP contribution in [0.5, 0.6) is 0 Å². The Hall–Kier alpha value is -2.45. The Kier molecular flexibility index (Phi) is 4.60. The van der Waals surface area contributed by atoms with E-state index in [1.807, 2.05) is 42.0 Å². The zero-order valence-corrected chi connectivity index (χ0v) is 16.2. The number of aryl methyl sites for hydroxylation is 2. The Balaban J connectivity index is 1.60. The van der Waals surface area contributed by atoms with E-state index in [-0.39, 0.29) is 5.25 Å². The lowest BCUT2D eigenvalue weighted by molar-refractivity contribution is 0.510. The lowest BCUT2D eigenvalue weighted by Gasteiger charge is -2.11. The Morgan fingerprint density at radius 2 is 1.96 bits per heavy atom. The summed E-state index contributed by atoms with van der Waals surface area (Å²) >= 11 is 3.13. The van der Waals surface area contributed by atoms with Gasteiger partial charge in [-0.25, -0.2) is 0 Å². The van der Waals surface area contributed by atoms with E-state index in [0.29, 0.717) is 11.8 Å². The molecule has 0 radical (unpaired) electrons. The lowest BCUT2D eigenvalue weighted by atomic mass is 10.2. The maximum absolute atomic E-state index is 5.84. The number of benzene rings is 1. The van der Waals surface area contributed by atoms with E-state index in [4.69, 9.17) is 4.42 Å². The number of nitrogens with zero attached hydrogens (tertiary/aromatic N) is 5. The van der Waals surface area contributed by atoms with Crippen molar-refractivity contribution in [1.82, 2.24) is 25.0 Å². The van der Waals surface area contributed by atoms with Crippen LogP contribution < -0.4 is 0 Å². The van der Waals surface area contributed by atoms with E-state index >= 15 is 0 Å². The molecule has 8 heteroatoms. The van der Waals surface area contributed by atoms with Crippen molar-refractivity contribution >= 4 is 23.1 Å². The highest BCUT2D eigenvalue weighted by Crippen LogP contribution is 2.36. The molecule has 3 aromatic heterocycles. The largest absolute Gasteiger partial charge is 0.419 e. The van der Waals surface area contributed by atoms with Crippen LogP contribution in [0.25, 0.3) is 16.5 Å². The quantitative estimate of drug-likeness (QED) is 0.459. The molecular weight excluding hydrogens is 366 g/mol. The van der Waals surface area contributed by atoms with Gasteiger partial charge in [0, 0.05) is 5.69 Å². The van der Waals surface area contributed by atoms with Gasteiger partial charge in [-0.1, -0.05) is 30.0 Å². The van der Waals surface area contributed by atoms with E-state index in [1.54, 1.807) is 23.1 Å². The van der Waals surface area contributed by atoms with Crippen molar-refractivity contribution in [3.05, 3.63) is 59.1 Å². The molecule has 26 heavy (non-hydrogen) atoms. The van der Waals surface area contributed by atoms with Crippen LogP contribution in [-0.4, -0.2) is 25.0 Å². The van der Waals surface area contributed by atoms with Crippen molar-refractivity contribution in [2.75, 3.05) is 0 Å². The summed E-state index contributed by atoms with van der Waals surface area (Å²) in [5.41, 5.74) is 2.24. The second-order valence-electron chi connectivity index (χ2n) is 5.89. The predicted molar refractivity (Wildman–Crippen MR) is 103 cm³/mol. The zero-order valence-electron chi connectivity index (χ0n) is 14.6. The average Bonchev–Trinajstić information content (AvgIpc) is 3.35. The number of thioether (sulfide) groups is 1. The highest BCUT2D eigenvalue weighted by Gasteiger charge is 2.21. The summed E-state index contributed by atoms with van der Waals surface area (Å²) in [6.45, 7) is 6.05. The molecular formula is C18H17N5OS2. The molecule has 0 bridgehead atoms. The Bertz CT molecular complexity index is 1020. The number of hydrogen-bond acceptors (Lipinski definition) is 7. The monoisotopic (exact) mass is 383 g/mol. The molecule has 0 saturated carbocycles. The van der Waals surface area contributed by atoms with Crippen molar-refractivity contribution in [2.45, 2.75) is 31.2 Å². The normalized spacial score (nSPS) is 12.4. The van der Waals surface area contributed by atoms with Gasteiger partial charge in [0.25, 0.3) is 5.89 Å². The van der Waals surface area contributed by atoms with Gasteiger partial charge in [0.2, 0.25) is 5.89 Å². The Morgan fingerprint density at radius 3 is 2.73 bits per heavy atom. The Morgan fingerprint density at radius 1 is 1.08 bits per heavy atom. The fraction of sp³-hybridized carbons (Fsp3) is 0.222. The number of rotatable bonds is 5. The third-order valence-electron chi connectivity index (χ3n) is 3.86. The van der Waals surface area contributed by atoms with Crippen LogP contribution in [0, 0.1) is 13.8 Å². The number of thiophene rings is 1. The van der Waals surface area contributed by atoms with Crippen molar-refractivity contribution in [1.29, 1.82) is 0 Å². The summed E-state index contributed by atoms with van der Waals surface area (Å²) in [6, 6.07) is 12.2. The van der Waals surface area contributed by atoms with Gasteiger partial charge in [0.05, 0.1) is 10.1 Å². The second-order valence-corrected chi connectivity index (χ2v) is 8.14. The molecule has 0 aliphatic rings. The van der Waals surface area contributed by atoms with Crippen LogP contribution in [0.15, 0.2) is 51.4 Å². The molecule has 0 amide bonds. The topological polar surface area (TPSA) is 69.6 Å². The number of hydrogen-bond donors (Lipinski definition) is 0. The lowest BCUT2D eigenvalue weighted by Crippen LogP contribution is -2.01. The van der Waals surface area contributed by atoms with Crippen LogP contribution in [0.1, 0.15) is 29.5 Å². The van der Waals surface area contributed by atoms with Gasteiger partial charge in [0.15, 0.2) is 5.16 Å². The molecule has 6 nitrogen and oxygen atoms in total. The van der Waals surface area contributed by atoms with E-state index in [2.05, 4.69) is 45.5 Å². The molecule has 132 valence electrons. The van der Waals surface area contributed by atoms with E-state index in [1.165, 1.54) is 5.56 Å². The van der Waals surface area contributed by atoms with Crippen molar-refractivity contribution in [3.8, 4) is 16.5 Å². The van der Waals surface area contributed by atoms with E-state index in [9.17, 15) is 0 Å². The van der Waals surface area contributed by atoms with Gasteiger partial charge < -0.3 is 4.42 Å². The van der Waals surface area contributed by atoms with Crippen LogP contribution in [0.3, 0.4) is 0 Å². The fourth-order valence-corrected chi connectivity index (χ4v) is 4.18. The molecule has 0 aliphatic carbocycles. The summed E-state index contributed by atoms with van der Waals surface area (Å²) in [6.07, 6.45) is 0. The standard InChI is InChI=1S/C18H17N5OS2/c1-11-6-4-7-14(10-11)23-13(3)19-22-18(23)26-12(2)16-20-21-17(24-16)15-8-5-9-25-15/h4-10,12H,1-3H3/t12-/m0/s1. The van der Waals surface area contributed by atoms with Crippen LogP contribution >= 0.6 is 23.1 Å². The maximum Gasteiger partial charge on any atom is 0.257 e. The SMILES string of the molecule is Cc1cccc(-n2c(C)nnc2S[C@@H](C)c2nnc(-c3cccs3)o2)c1. The molecule has 1 atom stereocenters. The molecule has 1 aromatic carbocycles. The highest BCUT2D eigenvalue weighted by molar-refractivity contribution is 7.99. The van der Waals surface area contributed by atoms with Gasteiger partial charge in [-0.2, -0.15) is 0 Å². The molecule has 0 spiro atoms. The molecule has 3 heterocycles. The Labute approximate surface area is 159 Å². The first-order chi connectivity index (χ1) is 12.6. The third-order valence-corrected chi connectivity index (χ3v) is 5.75. The third kappa shape index (κ3) is 3.30. The summed E-state index contributed by atoms with van der Waals surface area (Å²) in [5.74, 6) is 1.98. The van der Waals surface area contributed by atoms with Crippen LogP contribution in [0.2, 0.25) is 0 Å². The minimum atomic E-state index is -0.0385. The zero-order chi connectivity index (χ0) is 18.1. The molecule has 4 rings (SSSR count). The average molecular weight is 384 g/mol. The first kappa shape index (κ1) is 17.0. The van der Waals surface area contributed by atoms with E-state index in [0.717, 1.165) is 21.5 Å². The first-order valence-corrected chi connectivity index (χ1v) is 9.91. The first-order valence-electron chi connectivity index (χ1n) is 8.15. The van der Waals surface area contributed by atoms with Gasteiger partial charge in [-0.05, 0) is 49.9 Å². The molecule has 0 fully saturated rings. The fourth-order valence-electron chi connectivity index (χ4n) is 2.59. The summed E-state index contributed by atoms with van der Waals surface area (Å²) in [7, 11) is 0. The minimum Gasteiger partial charge on any atom is -0.419 e. The summed E-state index contributed by atoms with van der Waals surface area (Å²) in [4.78, 5) is 0.972. The molecule has 0 aliphatic heterocycles. The molecule has 0 unspecified atom stereocenters. The van der Waals surface area contributed by atoms with Crippen molar-refractivity contribution in [3.63, 3.8) is 0 Å². The molecule has 4 aromatic rings. The van der Waals surface area contributed by atoms with Gasteiger partial charge in [-0.3, -0.25) is 4.57 Å². The van der Waals surface area contributed by atoms with E-state index < -0.39 is 0 Å². The summed E-state index contributed by atoms with van der Waals surface area (Å²) in [5, 5.41) is 19.7. The van der Waals surface area contributed by atoms with Gasteiger partial charge >= 0.3 is 0 Å². The second kappa shape index (κ2) is 7.05. The smallest absolute Gasteiger partial charge is 0.257 e. The van der Waals surface area contributed by atoms with Crippen molar-refractivity contribution < 1.29 is 4.42 Å². The van der Waals surface area contributed by atoms with Gasteiger partial charge in [0.1, 0.15) is 5.82 Å². The van der Waals surface area contributed by atoms with Crippen LogP contribution in [0.4, 0.5) is 0 Å². The molecule has 0 N–H and O–H groups in total. The predicted octanol–water partition coefficient (Wildman–Crippen LogP) is 4.85. The minimum absolute atomic E-state index is 0.0385. The van der Waals surface area contributed by atoms with Gasteiger partial charge in [-0.15, -0.1) is 31.7 Å². The molecule has 0 saturated heterocycles. The van der Waals surface area contributed by atoms with Crippen molar-refractivity contribution in [2.24, 2.45) is 0 Å². The summed E-state index contributed by atoms with van der Waals surface area (Å²) < 4.78 is 7.89. The van der Waals surface area contributed by atoms with Crippen LogP contribution in [-0.2, 0) is 0 Å².